The van der Waals surface area contributed by atoms with E-state index in [1.165, 1.54) is 31.0 Å². The molecule has 2 N–H and O–H groups in total. The molecule has 0 fully saturated rings. The quantitative estimate of drug-likeness (QED) is 0.137. The number of aromatic nitrogens is 2. The Morgan fingerprint density at radius 2 is 1.75 bits per heavy atom. The molecular formula is C33H40ClN3O7. The molecule has 2 aromatic heterocycles. The Bertz CT molecular complexity index is 1630. The lowest BCUT2D eigenvalue weighted by atomic mass is 10.00. The minimum atomic E-state index is -0.947. The zero-order chi connectivity index (χ0) is 32.8. The van der Waals surface area contributed by atoms with Crippen LogP contribution in [0.5, 0.6) is 5.75 Å². The molecule has 1 unspecified atom stereocenters. The van der Waals surface area contributed by atoms with Crippen LogP contribution in [-0.2, 0) is 14.3 Å². The number of benzene rings is 2. The number of fused-ring (bicyclic) bond motifs is 1. The molecule has 0 saturated heterocycles. The van der Waals surface area contributed by atoms with E-state index in [1.54, 1.807) is 49.4 Å². The number of hydrogen-bond acceptors (Lipinski definition) is 7. The molecule has 1 atom stereocenters. The molecule has 0 radical (unpaired) electrons. The molecule has 1 amide bonds. The van der Waals surface area contributed by atoms with E-state index in [2.05, 4.69) is 10.3 Å². The maximum Gasteiger partial charge on any atom is 0.354 e. The second-order valence-corrected chi connectivity index (χ2v) is 9.28. The van der Waals surface area contributed by atoms with Gasteiger partial charge in [-0.3, -0.25) is 19.0 Å². The van der Waals surface area contributed by atoms with Crippen LogP contribution in [0.15, 0.2) is 59.5 Å². The van der Waals surface area contributed by atoms with Gasteiger partial charge in [-0.2, -0.15) is 0 Å². The summed E-state index contributed by atoms with van der Waals surface area (Å²) in [6.45, 7) is 10.2. The maximum atomic E-state index is 13.5. The predicted octanol–water partition coefficient (Wildman–Crippen LogP) is 6.92. The molecule has 0 aliphatic rings. The zero-order valence-electron chi connectivity index (χ0n) is 26.2. The van der Waals surface area contributed by atoms with E-state index in [0.29, 0.717) is 50.3 Å². The average molecular weight is 626 g/mol. The SMILES string of the molecule is CC.CC.CCOC(=O)c1cc2cc(NC(=O)C(CCOC)n3cc(OC)c(-c4cc(Cl)ccc4C=O)cc3=O)ccc2[nH]1. The Labute approximate surface area is 262 Å². The highest BCUT2D eigenvalue weighted by Gasteiger charge is 2.24. The largest absolute Gasteiger partial charge is 0.495 e. The second kappa shape index (κ2) is 17.6. The monoisotopic (exact) mass is 625 g/mol. The van der Waals surface area contributed by atoms with Gasteiger partial charge in [0.15, 0.2) is 6.29 Å². The summed E-state index contributed by atoms with van der Waals surface area (Å²) in [5.41, 5.74) is 2.13. The van der Waals surface area contributed by atoms with Crippen LogP contribution in [0.4, 0.5) is 5.69 Å². The van der Waals surface area contributed by atoms with Crippen molar-refractivity contribution in [2.45, 2.75) is 47.1 Å². The molecule has 4 aromatic rings. The molecule has 0 saturated carbocycles. The van der Waals surface area contributed by atoms with Crippen molar-refractivity contribution in [1.29, 1.82) is 0 Å². The Morgan fingerprint density at radius 3 is 2.39 bits per heavy atom. The van der Waals surface area contributed by atoms with Gasteiger partial charge in [-0.25, -0.2) is 4.79 Å². The molecule has 10 nitrogen and oxygen atoms in total. The summed E-state index contributed by atoms with van der Waals surface area (Å²) in [6, 6.07) is 11.9. The van der Waals surface area contributed by atoms with E-state index in [4.69, 9.17) is 25.8 Å². The fourth-order valence-corrected chi connectivity index (χ4v) is 4.56. The van der Waals surface area contributed by atoms with Crippen molar-refractivity contribution < 1.29 is 28.6 Å². The smallest absolute Gasteiger partial charge is 0.354 e. The van der Waals surface area contributed by atoms with Crippen LogP contribution in [0.1, 0.15) is 67.9 Å². The van der Waals surface area contributed by atoms with Gasteiger partial charge in [0.1, 0.15) is 17.5 Å². The number of aromatic amines is 1. The van der Waals surface area contributed by atoms with Crippen LogP contribution in [0.3, 0.4) is 0 Å². The number of carbonyl (C=O) groups is 3. The van der Waals surface area contributed by atoms with Crippen molar-refractivity contribution in [2.24, 2.45) is 0 Å². The molecule has 2 heterocycles. The van der Waals surface area contributed by atoms with Crippen molar-refractivity contribution in [3.05, 3.63) is 81.4 Å². The van der Waals surface area contributed by atoms with Gasteiger partial charge in [0, 0.05) is 58.9 Å². The predicted molar refractivity (Wildman–Crippen MR) is 174 cm³/mol. The van der Waals surface area contributed by atoms with Crippen LogP contribution in [0, 0.1) is 0 Å². The van der Waals surface area contributed by atoms with E-state index in [0.717, 1.165) is 0 Å². The molecule has 236 valence electrons. The van der Waals surface area contributed by atoms with Crippen molar-refractivity contribution in [3.63, 3.8) is 0 Å². The van der Waals surface area contributed by atoms with Crippen molar-refractivity contribution >= 4 is 46.4 Å². The van der Waals surface area contributed by atoms with Gasteiger partial charge in [0.25, 0.3) is 5.56 Å². The number of carbonyl (C=O) groups excluding carboxylic acids is 3. The molecule has 0 aliphatic carbocycles. The molecule has 4 rings (SSSR count). The lowest BCUT2D eigenvalue weighted by Gasteiger charge is -2.21. The van der Waals surface area contributed by atoms with Gasteiger partial charge in [-0.15, -0.1) is 0 Å². The summed E-state index contributed by atoms with van der Waals surface area (Å²) in [5, 5.41) is 3.94. The van der Waals surface area contributed by atoms with Crippen molar-refractivity contribution in [1.82, 2.24) is 9.55 Å². The number of anilines is 1. The normalized spacial score (nSPS) is 10.9. The van der Waals surface area contributed by atoms with Crippen LogP contribution in [0.2, 0.25) is 5.02 Å². The number of amides is 1. The van der Waals surface area contributed by atoms with Gasteiger partial charge in [-0.05, 0) is 55.0 Å². The van der Waals surface area contributed by atoms with E-state index < -0.39 is 23.5 Å². The average Bonchev–Trinajstić information content (AvgIpc) is 3.47. The summed E-state index contributed by atoms with van der Waals surface area (Å²) in [6.07, 6.45) is 2.30. The number of aldehydes is 1. The van der Waals surface area contributed by atoms with Crippen LogP contribution >= 0.6 is 11.6 Å². The highest BCUT2D eigenvalue weighted by Crippen LogP contribution is 2.33. The van der Waals surface area contributed by atoms with Crippen LogP contribution in [-0.4, -0.2) is 55.1 Å². The number of H-pyrrole nitrogens is 1. The number of nitrogens with one attached hydrogen (secondary N) is 2. The summed E-state index contributed by atoms with van der Waals surface area (Å²) < 4.78 is 17.1. The fourth-order valence-electron chi connectivity index (χ4n) is 4.39. The third-order valence-electron chi connectivity index (χ3n) is 6.31. The Morgan fingerprint density at radius 1 is 1.02 bits per heavy atom. The Kier molecular flexibility index (Phi) is 14.4. The number of halogens is 1. The lowest BCUT2D eigenvalue weighted by Crippen LogP contribution is -2.34. The van der Waals surface area contributed by atoms with Crippen LogP contribution < -0.4 is 15.6 Å². The number of hydrogen-bond donors (Lipinski definition) is 2. The third kappa shape index (κ3) is 8.58. The van der Waals surface area contributed by atoms with Crippen LogP contribution in [0.25, 0.3) is 22.0 Å². The fraction of sp³-hybridized carbons (Fsp3) is 0.333. The summed E-state index contributed by atoms with van der Waals surface area (Å²) in [5.74, 6) is -0.648. The molecule has 11 heteroatoms. The first kappa shape index (κ1) is 35.8. The van der Waals surface area contributed by atoms with Crippen molar-refractivity contribution in [3.8, 4) is 16.9 Å². The number of methoxy groups -OCH3 is 2. The van der Waals surface area contributed by atoms with E-state index >= 15 is 0 Å². The standard InChI is InChI=1S/C29H28ClN3O7.2C2H6/c1-4-40-29(37)24-12-18-11-20(7-8-23(18)32-24)31-28(36)25(9-10-38-2)33-15-26(39-3)22(14-27(33)35)21-13-19(30)6-5-17(21)16-34;2*1-2/h5-8,11-16,25,32H,4,9-10H2,1-3H3,(H,31,36);2*1-2H3. The van der Waals surface area contributed by atoms with Gasteiger partial charge in [0.05, 0.1) is 19.9 Å². The molecule has 0 bridgehead atoms. The Balaban J connectivity index is 0.00000162. The topological polar surface area (TPSA) is 129 Å². The first-order chi connectivity index (χ1) is 21.3. The summed E-state index contributed by atoms with van der Waals surface area (Å²) >= 11 is 6.15. The molecule has 2 aromatic carbocycles. The minimum Gasteiger partial charge on any atom is -0.495 e. The van der Waals surface area contributed by atoms with E-state index in [9.17, 15) is 19.2 Å². The molecule has 44 heavy (non-hydrogen) atoms. The van der Waals surface area contributed by atoms with Gasteiger partial charge < -0.3 is 24.5 Å². The van der Waals surface area contributed by atoms with E-state index in [1.807, 2.05) is 27.7 Å². The number of pyridine rings is 1. The van der Waals surface area contributed by atoms with E-state index in [-0.39, 0.29) is 25.4 Å². The number of rotatable bonds is 11. The maximum absolute atomic E-state index is 13.5. The lowest BCUT2D eigenvalue weighted by molar-refractivity contribution is -0.119. The third-order valence-corrected chi connectivity index (χ3v) is 6.55. The second-order valence-electron chi connectivity index (χ2n) is 8.84. The highest BCUT2D eigenvalue weighted by atomic mass is 35.5. The number of ether oxygens (including phenoxy) is 3. The van der Waals surface area contributed by atoms with Gasteiger partial charge >= 0.3 is 5.97 Å². The Hall–Kier alpha value is -4.41. The first-order valence-corrected chi connectivity index (χ1v) is 14.8. The molecular weight excluding hydrogens is 586 g/mol. The minimum absolute atomic E-state index is 0.195. The summed E-state index contributed by atoms with van der Waals surface area (Å²) in [4.78, 5) is 53.5. The highest BCUT2D eigenvalue weighted by molar-refractivity contribution is 6.31. The molecule has 0 spiro atoms. The zero-order valence-corrected chi connectivity index (χ0v) is 26.9. The van der Waals surface area contributed by atoms with Gasteiger partial charge in [0.2, 0.25) is 5.91 Å². The van der Waals surface area contributed by atoms with Crippen molar-refractivity contribution in [2.75, 3.05) is 32.8 Å². The van der Waals surface area contributed by atoms with Gasteiger partial charge in [-0.1, -0.05) is 39.3 Å². The number of nitrogens with zero attached hydrogens (tertiary/aromatic N) is 1. The number of esters is 1. The first-order valence-electron chi connectivity index (χ1n) is 14.4. The molecule has 0 aliphatic heterocycles. The summed E-state index contributed by atoms with van der Waals surface area (Å²) in [7, 11) is 2.93.